The van der Waals surface area contributed by atoms with Crippen LogP contribution < -0.4 is 0 Å². The second-order valence-electron chi connectivity index (χ2n) is 2.16. The van der Waals surface area contributed by atoms with Crippen LogP contribution in [0.25, 0.3) is 0 Å². The molecule has 0 aliphatic carbocycles. The number of esters is 1. The molecule has 11 heavy (non-hydrogen) atoms. The summed E-state index contributed by atoms with van der Waals surface area (Å²) >= 11 is 0. The fourth-order valence-electron chi connectivity index (χ4n) is 0.886. The van der Waals surface area contributed by atoms with Crippen LogP contribution in [0.15, 0.2) is 16.9 Å². The van der Waals surface area contributed by atoms with Crippen LogP contribution in [0.5, 0.6) is 0 Å². The summed E-state index contributed by atoms with van der Waals surface area (Å²) in [5, 5.41) is 0. The third-order valence-electron chi connectivity index (χ3n) is 1.53. The van der Waals surface area contributed by atoms with E-state index < -0.39 is 0 Å². The maximum absolute atomic E-state index is 11.0. The maximum atomic E-state index is 11.0. The number of furan rings is 1. The van der Waals surface area contributed by atoms with Crippen LogP contribution in [-0.2, 0) is 11.2 Å². The van der Waals surface area contributed by atoms with Crippen LogP contribution in [0.1, 0.15) is 22.8 Å². The molecule has 0 amide bonds. The minimum absolute atomic E-state index is 0.337. The van der Waals surface area contributed by atoms with Crippen molar-refractivity contribution >= 4 is 5.97 Å². The summed E-state index contributed by atoms with van der Waals surface area (Å²) in [4.78, 5) is 11.0. The Balaban J connectivity index is 2.92. The lowest BCUT2D eigenvalue weighted by Crippen LogP contribution is -2.01. The fourth-order valence-corrected chi connectivity index (χ4v) is 0.886. The van der Waals surface area contributed by atoms with E-state index in [0.29, 0.717) is 5.56 Å². The summed E-state index contributed by atoms with van der Waals surface area (Å²) in [5.41, 5.74) is 1.41. The number of carbonyl (C=O) groups excluding carboxylic acids is 1. The van der Waals surface area contributed by atoms with Gasteiger partial charge in [0.15, 0.2) is 0 Å². The van der Waals surface area contributed by atoms with E-state index in [1.165, 1.54) is 13.4 Å². The molecule has 1 heterocycles. The first-order valence-electron chi connectivity index (χ1n) is 3.43. The Morgan fingerprint density at radius 3 is 2.91 bits per heavy atom. The normalized spacial score (nSPS) is 9.64. The summed E-state index contributed by atoms with van der Waals surface area (Å²) in [6.45, 7) is 1.96. The lowest BCUT2D eigenvalue weighted by atomic mass is 10.1. The molecule has 0 fully saturated rings. The lowest BCUT2D eigenvalue weighted by Gasteiger charge is -1.95. The van der Waals surface area contributed by atoms with Crippen molar-refractivity contribution in [3.63, 3.8) is 0 Å². The second kappa shape index (κ2) is 3.23. The Hall–Kier alpha value is -1.25. The van der Waals surface area contributed by atoms with Crippen molar-refractivity contribution in [2.45, 2.75) is 13.3 Å². The Morgan fingerprint density at radius 2 is 2.36 bits per heavy atom. The summed E-state index contributed by atoms with van der Waals surface area (Å²) < 4.78 is 9.40. The van der Waals surface area contributed by atoms with Crippen molar-refractivity contribution in [1.82, 2.24) is 0 Å². The first-order valence-corrected chi connectivity index (χ1v) is 3.43. The second-order valence-corrected chi connectivity index (χ2v) is 2.16. The molecule has 0 aromatic carbocycles. The summed E-state index contributed by atoms with van der Waals surface area (Å²) in [6, 6.07) is 0. The molecule has 0 saturated carbocycles. The van der Waals surface area contributed by atoms with E-state index in [9.17, 15) is 4.79 Å². The van der Waals surface area contributed by atoms with E-state index in [2.05, 4.69) is 4.74 Å². The van der Waals surface area contributed by atoms with E-state index in [4.69, 9.17) is 4.42 Å². The average molecular weight is 154 g/mol. The van der Waals surface area contributed by atoms with Gasteiger partial charge in [0, 0.05) is 5.56 Å². The summed E-state index contributed by atoms with van der Waals surface area (Å²) in [6.07, 6.45) is 3.75. The minimum Gasteiger partial charge on any atom is -0.471 e. The Kier molecular flexibility index (Phi) is 2.31. The lowest BCUT2D eigenvalue weighted by molar-refractivity contribution is 0.0599. The largest absolute Gasteiger partial charge is 0.471 e. The molecule has 1 aromatic rings. The number of carbonyl (C=O) groups is 1. The number of hydrogen-bond acceptors (Lipinski definition) is 3. The van der Waals surface area contributed by atoms with Gasteiger partial charge in [-0.15, -0.1) is 0 Å². The maximum Gasteiger partial charge on any atom is 0.341 e. The quantitative estimate of drug-likeness (QED) is 0.608. The van der Waals surface area contributed by atoms with Crippen LogP contribution in [-0.4, -0.2) is 13.1 Å². The van der Waals surface area contributed by atoms with Gasteiger partial charge in [-0.1, -0.05) is 6.92 Å². The highest BCUT2D eigenvalue weighted by Crippen LogP contribution is 2.11. The molecule has 0 unspecified atom stereocenters. The molecule has 0 aliphatic heterocycles. The van der Waals surface area contributed by atoms with Gasteiger partial charge in [0.1, 0.15) is 11.8 Å². The third-order valence-corrected chi connectivity index (χ3v) is 1.53. The first-order chi connectivity index (χ1) is 5.29. The van der Waals surface area contributed by atoms with Crippen molar-refractivity contribution in [2.24, 2.45) is 0 Å². The van der Waals surface area contributed by atoms with Gasteiger partial charge in [0.05, 0.1) is 13.4 Å². The highest BCUT2D eigenvalue weighted by atomic mass is 16.5. The zero-order valence-corrected chi connectivity index (χ0v) is 6.59. The highest BCUT2D eigenvalue weighted by Gasteiger charge is 2.11. The fraction of sp³-hybridized carbons (Fsp3) is 0.375. The van der Waals surface area contributed by atoms with Crippen molar-refractivity contribution in [3.05, 3.63) is 23.7 Å². The van der Waals surface area contributed by atoms with E-state index in [1.54, 1.807) is 6.26 Å². The van der Waals surface area contributed by atoms with Crippen LogP contribution in [0, 0.1) is 0 Å². The zero-order chi connectivity index (χ0) is 8.27. The number of rotatable bonds is 2. The molecule has 60 valence electrons. The van der Waals surface area contributed by atoms with E-state index in [1.807, 2.05) is 6.92 Å². The number of methoxy groups -OCH3 is 1. The number of hydrogen-bond donors (Lipinski definition) is 0. The van der Waals surface area contributed by atoms with Crippen LogP contribution >= 0.6 is 0 Å². The summed E-state index contributed by atoms with van der Waals surface area (Å²) in [5.74, 6) is -0.337. The molecule has 0 aliphatic rings. The molecule has 1 aromatic heterocycles. The van der Waals surface area contributed by atoms with Crippen molar-refractivity contribution in [3.8, 4) is 0 Å². The standard InChI is InChI=1S/C8H10O3/c1-3-6-4-11-5-7(6)8(9)10-2/h4-5H,3H2,1-2H3. The van der Waals surface area contributed by atoms with Gasteiger partial charge in [0.2, 0.25) is 0 Å². The molecule has 3 nitrogen and oxygen atoms in total. The average Bonchev–Trinajstić information content (AvgIpc) is 2.50. The Morgan fingerprint density at radius 1 is 1.64 bits per heavy atom. The Bertz CT molecular complexity index is 250. The molecule has 0 atom stereocenters. The first kappa shape index (κ1) is 7.85. The van der Waals surface area contributed by atoms with Gasteiger partial charge in [-0.05, 0) is 6.42 Å². The smallest absolute Gasteiger partial charge is 0.341 e. The Labute approximate surface area is 65.0 Å². The molecule has 1 rings (SSSR count). The van der Waals surface area contributed by atoms with Gasteiger partial charge < -0.3 is 9.15 Å². The van der Waals surface area contributed by atoms with E-state index in [0.717, 1.165) is 12.0 Å². The van der Waals surface area contributed by atoms with Crippen LogP contribution in [0.2, 0.25) is 0 Å². The van der Waals surface area contributed by atoms with Crippen molar-refractivity contribution < 1.29 is 13.9 Å². The topological polar surface area (TPSA) is 39.4 Å². The molecule has 0 bridgehead atoms. The van der Waals surface area contributed by atoms with Gasteiger partial charge in [-0.3, -0.25) is 0 Å². The number of aryl methyl sites for hydroxylation is 1. The van der Waals surface area contributed by atoms with Gasteiger partial charge in [0.25, 0.3) is 0 Å². The molecule has 0 saturated heterocycles. The molecular weight excluding hydrogens is 144 g/mol. The van der Waals surface area contributed by atoms with Crippen molar-refractivity contribution in [2.75, 3.05) is 7.11 Å². The highest BCUT2D eigenvalue weighted by molar-refractivity contribution is 5.90. The molecule has 3 heteroatoms. The van der Waals surface area contributed by atoms with Gasteiger partial charge in [-0.2, -0.15) is 0 Å². The molecular formula is C8H10O3. The minimum atomic E-state index is -0.337. The predicted molar refractivity (Wildman–Crippen MR) is 39.4 cm³/mol. The monoisotopic (exact) mass is 154 g/mol. The third kappa shape index (κ3) is 1.42. The molecule has 0 spiro atoms. The van der Waals surface area contributed by atoms with Crippen molar-refractivity contribution in [1.29, 1.82) is 0 Å². The summed E-state index contributed by atoms with van der Waals surface area (Å²) in [7, 11) is 1.36. The van der Waals surface area contributed by atoms with Gasteiger partial charge in [-0.25, -0.2) is 4.79 Å². The van der Waals surface area contributed by atoms with Crippen LogP contribution in [0.3, 0.4) is 0 Å². The molecule has 0 radical (unpaired) electrons. The van der Waals surface area contributed by atoms with Gasteiger partial charge >= 0.3 is 5.97 Å². The zero-order valence-electron chi connectivity index (χ0n) is 6.59. The number of ether oxygens (including phenoxy) is 1. The molecule has 0 N–H and O–H groups in total. The predicted octanol–water partition coefficient (Wildman–Crippen LogP) is 1.63. The van der Waals surface area contributed by atoms with Crippen LogP contribution in [0.4, 0.5) is 0 Å². The van der Waals surface area contributed by atoms with E-state index in [-0.39, 0.29) is 5.97 Å². The van der Waals surface area contributed by atoms with E-state index >= 15 is 0 Å². The SMILES string of the molecule is CCc1cocc1C(=O)OC.